The highest BCUT2D eigenvalue weighted by atomic mass is 16.5. The van der Waals surface area contributed by atoms with Crippen LogP contribution in [0.3, 0.4) is 0 Å². The van der Waals surface area contributed by atoms with Crippen molar-refractivity contribution < 1.29 is 14.9 Å². The summed E-state index contributed by atoms with van der Waals surface area (Å²) in [4.78, 5) is 0. The lowest BCUT2D eigenvalue weighted by molar-refractivity contribution is 0.441. The minimum atomic E-state index is 0.454. The van der Waals surface area contributed by atoms with E-state index in [0.29, 0.717) is 11.5 Å². The third-order valence-electron chi connectivity index (χ3n) is 6.92. The minimum Gasteiger partial charge on any atom is -0.507 e. The highest BCUT2D eigenvalue weighted by Gasteiger charge is 2.15. The summed E-state index contributed by atoms with van der Waals surface area (Å²) < 4.78 is 6.45. The van der Waals surface area contributed by atoms with Crippen LogP contribution in [0.5, 0.6) is 23.0 Å². The van der Waals surface area contributed by atoms with Crippen molar-refractivity contribution in [2.75, 3.05) is 0 Å². The van der Waals surface area contributed by atoms with Crippen LogP contribution in [-0.2, 0) is 25.7 Å². The molecule has 0 unspecified atom stereocenters. The third kappa shape index (κ3) is 9.78. The topological polar surface area (TPSA) is 49.7 Å². The zero-order chi connectivity index (χ0) is 25.5. The van der Waals surface area contributed by atoms with Crippen molar-refractivity contribution in [1.82, 2.24) is 0 Å². The fraction of sp³-hybridized carbons (Fsp3) is 0.625. The quantitative estimate of drug-likeness (QED) is 0.208. The molecule has 0 saturated carbocycles. The van der Waals surface area contributed by atoms with E-state index in [0.717, 1.165) is 136 Å². The van der Waals surface area contributed by atoms with Crippen molar-refractivity contribution in [2.24, 2.45) is 0 Å². The van der Waals surface area contributed by atoms with Gasteiger partial charge in [0.2, 0.25) is 0 Å². The van der Waals surface area contributed by atoms with Gasteiger partial charge in [0.15, 0.2) is 0 Å². The fourth-order valence-electron chi connectivity index (χ4n) is 4.73. The molecule has 2 N–H and O–H groups in total. The van der Waals surface area contributed by atoms with Crippen LogP contribution in [-0.4, -0.2) is 10.2 Å². The van der Waals surface area contributed by atoms with Crippen LogP contribution in [0, 0.1) is 0 Å². The van der Waals surface area contributed by atoms with Crippen molar-refractivity contribution >= 4 is 0 Å². The van der Waals surface area contributed by atoms with Crippen LogP contribution in [0.1, 0.15) is 127 Å². The van der Waals surface area contributed by atoms with E-state index in [4.69, 9.17) is 4.74 Å². The normalized spacial score (nSPS) is 11.2. The number of unbranched alkanes of at least 4 members (excludes halogenated alkanes) is 8. The standard InChI is InChI=1S/C32H50O3/c1-5-9-13-17-25-21-29(22-26(31(25)33)18-14-10-6-2)35-30-23-27(19-15-11-7-3)32(34)28(24-30)20-16-12-8-4/h21-24,33-34H,5-20H2,1-4H3. The molecule has 2 aromatic rings. The van der Waals surface area contributed by atoms with Gasteiger partial charge in [0.05, 0.1) is 0 Å². The molecule has 35 heavy (non-hydrogen) atoms. The molecule has 0 amide bonds. The van der Waals surface area contributed by atoms with E-state index in [-0.39, 0.29) is 0 Å². The summed E-state index contributed by atoms with van der Waals surface area (Å²) >= 11 is 0. The van der Waals surface area contributed by atoms with Crippen LogP contribution in [0.4, 0.5) is 0 Å². The van der Waals surface area contributed by atoms with Gasteiger partial charge in [-0.3, -0.25) is 0 Å². The Balaban J connectivity index is 2.36. The molecular formula is C32H50O3. The number of benzene rings is 2. The molecule has 2 rings (SSSR count). The molecule has 0 bridgehead atoms. The Morgan fingerprint density at radius 2 is 0.714 bits per heavy atom. The second-order valence-corrected chi connectivity index (χ2v) is 10.1. The largest absolute Gasteiger partial charge is 0.507 e. The number of rotatable bonds is 18. The molecule has 0 radical (unpaired) electrons. The van der Waals surface area contributed by atoms with Crippen molar-refractivity contribution in [1.29, 1.82) is 0 Å². The molecule has 196 valence electrons. The molecule has 0 aliphatic carbocycles. The van der Waals surface area contributed by atoms with Gasteiger partial charge in [-0.05, 0) is 97.9 Å². The van der Waals surface area contributed by atoms with Gasteiger partial charge in [-0.25, -0.2) is 0 Å². The van der Waals surface area contributed by atoms with Crippen LogP contribution >= 0.6 is 0 Å². The Hall–Kier alpha value is -2.16. The first kappa shape index (κ1) is 29.1. The number of aromatic hydroxyl groups is 2. The highest BCUT2D eigenvalue weighted by Crippen LogP contribution is 2.36. The lowest BCUT2D eigenvalue weighted by atomic mass is 9.98. The maximum Gasteiger partial charge on any atom is 0.128 e. The Bertz CT molecular complexity index is 738. The Morgan fingerprint density at radius 1 is 0.457 bits per heavy atom. The van der Waals surface area contributed by atoms with E-state index in [1.165, 1.54) is 0 Å². The van der Waals surface area contributed by atoms with Crippen LogP contribution < -0.4 is 4.74 Å². The van der Waals surface area contributed by atoms with Gasteiger partial charge in [0.25, 0.3) is 0 Å². The van der Waals surface area contributed by atoms with Gasteiger partial charge in [-0.15, -0.1) is 0 Å². The smallest absolute Gasteiger partial charge is 0.128 e. The monoisotopic (exact) mass is 482 g/mol. The zero-order valence-electron chi connectivity index (χ0n) is 22.9. The van der Waals surface area contributed by atoms with Crippen molar-refractivity contribution in [2.45, 2.75) is 130 Å². The van der Waals surface area contributed by atoms with Gasteiger partial charge in [0, 0.05) is 0 Å². The Morgan fingerprint density at radius 3 is 0.943 bits per heavy atom. The fourth-order valence-corrected chi connectivity index (χ4v) is 4.73. The Labute approximate surface area is 214 Å². The lowest BCUT2D eigenvalue weighted by Gasteiger charge is -2.17. The van der Waals surface area contributed by atoms with E-state index >= 15 is 0 Å². The van der Waals surface area contributed by atoms with Crippen molar-refractivity contribution in [3.05, 3.63) is 46.5 Å². The summed E-state index contributed by atoms with van der Waals surface area (Å²) in [5.41, 5.74) is 3.97. The molecule has 2 aromatic carbocycles. The maximum atomic E-state index is 11.0. The first-order valence-electron chi connectivity index (χ1n) is 14.4. The number of aryl methyl sites for hydroxylation is 4. The highest BCUT2D eigenvalue weighted by molar-refractivity contribution is 5.51. The predicted molar refractivity (Wildman–Crippen MR) is 149 cm³/mol. The number of phenolic OH excluding ortho intramolecular Hbond substituents is 2. The van der Waals surface area contributed by atoms with Crippen LogP contribution in [0.25, 0.3) is 0 Å². The molecule has 0 aliphatic heterocycles. The minimum absolute atomic E-state index is 0.454. The molecule has 3 nitrogen and oxygen atoms in total. The third-order valence-corrected chi connectivity index (χ3v) is 6.92. The second-order valence-electron chi connectivity index (χ2n) is 10.1. The summed E-state index contributed by atoms with van der Waals surface area (Å²) in [5.74, 6) is 2.50. The van der Waals surface area contributed by atoms with Crippen molar-refractivity contribution in [3.63, 3.8) is 0 Å². The second kappa shape index (κ2) is 16.5. The summed E-state index contributed by atoms with van der Waals surface area (Å²) in [6, 6.07) is 8.09. The number of phenols is 2. The molecule has 0 aliphatic rings. The molecular weight excluding hydrogens is 432 g/mol. The number of ether oxygens (including phenoxy) is 1. The van der Waals surface area contributed by atoms with E-state index in [1.807, 2.05) is 24.3 Å². The zero-order valence-corrected chi connectivity index (χ0v) is 22.9. The van der Waals surface area contributed by atoms with Gasteiger partial charge >= 0.3 is 0 Å². The molecule has 0 fully saturated rings. The predicted octanol–water partition coefficient (Wildman–Crippen LogP) is 9.82. The summed E-state index contributed by atoms with van der Waals surface area (Å²) in [6.45, 7) is 8.82. The summed E-state index contributed by atoms with van der Waals surface area (Å²) in [6.07, 6.45) is 17.1. The van der Waals surface area contributed by atoms with E-state index in [2.05, 4.69) is 27.7 Å². The molecule has 0 spiro atoms. The van der Waals surface area contributed by atoms with E-state index in [9.17, 15) is 10.2 Å². The van der Waals surface area contributed by atoms with E-state index in [1.54, 1.807) is 0 Å². The first-order chi connectivity index (χ1) is 17.0. The summed E-state index contributed by atoms with van der Waals surface area (Å²) in [5, 5.41) is 21.9. The van der Waals surface area contributed by atoms with Gasteiger partial charge < -0.3 is 14.9 Å². The first-order valence-corrected chi connectivity index (χ1v) is 14.4. The van der Waals surface area contributed by atoms with Crippen LogP contribution in [0.2, 0.25) is 0 Å². The molecule has 0 heterocycles. The summed E-state index contributed by atoms with van der Waals surface area (Å²) in [7, 11) is 0. The molecule has 0 saturated heterocycles. The number of hydrogen-bond acceptors (Lipinski definition) is 3. The van der Waals surface area contributed by atoms with Crippen molar-refractivity contribution in [3.8, 4) is 23.0 Å². The van der Waals surface area contributed by atoms with Gasteiger partial charge in [-0.2, -0.15) is 0 Å². The van der Waals surface area contributed by atoms with Gasteiger partial charge in [-0.1, -0.05) is 79.1 Å². The molecule has 0 aromatic heterocycles. The van der Waals surface area contributed by atoms with Gasteiger partial charge in [0.1, 0.15) is 23.0 Å². The van der Waals surface area contributed by atoms with E-state index < -0.39 is 0 Å². The number of hydrogen-bond donors (Lipinski definition) is 2. The molecule has 0 atom stereocenters. The average molecular weight is 483 g/mol. The average Bonchev–Trinajstić information content (AvgIpc) is 2.84. The lowest BCUT2D eigenvalue weighted by Crippen LogP contribution is -1.98. The SMILES string of the molecule is CCCCCc1cc(Oc2cc(CCCCC)c(O)c(CCCCC)c2)cc(CCCCC)c1O. The molecule has 3 heteroatoms. The Kier molecular flexibility index (Phi) is 13.7. The maximum absolute atomic E-state index is 11.0. The van der Waals surface area contributed by atoms with Crippen LogP contribution in [0.15, 0.2) is 24.3 Å².